The molecule has 0 radical (unpaired) electrons. The Morgan fingerprint density at radius 1 is 1.35 bits per heavy atom. The van der Waals surface area contributed by atoms with Crippen molar-refractivity contribution < 1.29 is 13.2 Å². The molecule has 6 nitrogen and oxygen atoms in total. The molecule has 2 aromatic rings. The van der Waals surface area contributed by atoms with E-state index >= 15 is 0 Å². The standard InChI is InChI=1S/C19H25N3O3S/c1-19(2)11-13-7-5-10-17(18(13)25-19)26(23,24)22(4)16-9-6-8-15-14(16)12-20-21(15)3/h5,7,10,12,16H,6,8-9,11H2,1-4H3. The molecule has 1 atom stereocenters. The number of fused-ring (bicyclic) bond motifs is 2. The predicted octanol–water partition coefficient (Wildman–Crippen LogP) is 2.83. The molecule has 1 aliphatic heterocycles. The maximum atomic E-state index is 13.4. The largest absolute Gasteiger partial charge is 0.486 e. The molecule has 1 aromatic heterocycles. The molecule has 1 aliphatic carbocycles. The van der Waals surface area contributed by atoms with Crippen molar-refractivity contribution in [1.29, 1.82) is 0 Å². The molecule has 0 spiro atoms. The fourth-order valence-electron chi connectivity index (χ4n) is 4.17. The van der Waals surface area contributed by atoms with Crippen LogP contribution in [-0.4, -0.2) is 35.2 Å². The van der Waals surface area contributed by atoms with E-state index < -0.39 is 10.0 Å². The average Bonchev–Trinajstić information content (AvgIpc) is 3.11. The Kier molecular flexibility index (Phi) is 3.93. The summed E-state index contributed by atoms with van der Waals surface area (Å²) in [5.74, 6) is 0.506. The van der Waals surface area contributed by atoms with Crippen LogP contribution < -0.4 is 4.74 Å². The molecule has 4 rings (SSSR count). The van der Waals surface area contributed by atoms with Crippen molar-refractivity contribution >= 4 is 10.0 Å². The Hall–Kier alpha value is -1.86. The molecule has 1 unspecified atom stereocenters. The van der Waals surface area contributed by atoms with E-state index in [2.05, 4.69) is 5.10 Å². The summed E-state index contributed by atoms with van der Waals surface area (Å²) >= 11 is 0. The van der Waals surface area contributed by atoms with Crippen LogP contribution >= 0.6 is 0 Å². The number of para-hydroxylation sites is 1. The first kappa shape index (κ1) is 17.5. The number of benzene rings is 1. The first-order valence-electron chi connectivity index (χ1n) is 9.00. The SMILES string of the molecule is CN(C1CCCc2c1cnn2C)S(=O)(=O)c1cccc2c1OC(C)(C)C2. The highest BCUT2D eigenvalue weighted by Crippen LogP contribution is 2.43. The minimum atomic E-state index is -3.68. The lowest BCUT2D eigenvalue weighted by molar-refractivity contribution is 0.134. The van der Waals surface area contributed by atoms with Crippen LogP contribution in [0, 0.1) is 0 Å². The normalized spacial score (nSPS) is 21.3. The van der Waals surface area contributed by atoms with Crippen LogP contribution in [0.3, 0.4) is 0 Å². The van der Waals surface area contributed by atoms with E-state index in [9.17, 15) is 8.42 Å². The summed E-state index contributed by atoms with van der Waals surface area (Å²) < 4.78 is 36.2. The number of sulfonamides is 1. The van der Waals surface area contributed by atoms with Gasteiger partial charge in [0.2, 0.25) is 10.0 Å². The van der Waals surface area contributed by atoms with Crippen molar-refractivity contribution in [3.05, 3.63) is 41.2 Å². The van der Waals surface area contributed by atoms with Gasteiger partial charge in [-0.3, -0.25) is 4.68 Å². The molecule has 140 valence electrons. The topological polar surface area (TPSA) is 64.4 Å². The summed E-state index contributed by atoms with van der Waals surface area (Å²) in [6.45, 7) is 3.96. The molecule has 0 bridgehead atoms. The number of aromatic nitrogens is 2. The van der Waals surface area contributed by atoms with Gasteiger partial charge in [-0.25, -0.2) is 8.42 Å². The fraction of sp³-hybridized carbons (Fsp3) is 0.526. The van der Waals surface area contributed by atoms with Gasteiger partial charge >= 0.3 is 0 Å². The van der Waals surface area contributed by atoms with Crippen LogP contribution in [-0.2, 0) is 29.9 Å². The van der Waals surface area contributed by atoms with Crippen LogP contribution in [0.4, 0.5) is 0 Å². The molecular formula is C19H25N3O3S. The number of aryl methyl sites for hydroxylation is 1. The van der Waals surface area contributed by atoms with Gasteiger partial charge in [-0.1, -0.05) is 12.1 Å². The van der Waals surface area contributed by atoms with E-state index in [1.54, 1.807) is 25.4 Å². The number of hydrogen-bond donors (Lipinski definition) is 0. The second-order valence-electron chi connectivity index (χ2n) is 7.88. The van der Waals surface area contributed by atoms with Gasteiger partial charge in [-0.15, -0.1) is 0 Å². The maximum absolute atomic E-state index is 13.4. The molecular weight excluding hydrogens is 350 g/mol. The van der Waals surface area contributed by atoms with Gasteiger partial charge in [0.05, 0.1) is 12.2 Å². The molecule has 0 saturated heterocycles. The van der Waals surface area contributed by atoms with Gasteiger partial charge < -0.3 is 4.74 Å². The molecule has 0 fully saturated rings. The van der Waals surface area contributed by atoms with E-state index in [-0.39, 0.29) is 16.5 Å². The molecule has 0 N–H and O–H groups in total. The lowest BCUT2D eigenvalue weighted by Gasteiger charge is -2.31. The smallest absolute Gasteiger partial charge is 0.247 e. The molecule has 2 aliphatic rings. The Labute approximate surface area is 154 Å². The van der Waals surface area contributed by atoms with Crippen LogP contribution in [0.5, 0.6) is 5.75 Å². The van der Waals surface area contributed by atoms with Crippen molar-refractivity contribution in [1.82, 2.24) is 14.1 Å². The first-order chi connectivity index (χ1) is 12.2. The average molecular weight is 375 g/mol. The minimum absolute atomic E-state index is 0.192. The van der Waals surface area contributed by atoms with Crippen molar-refractivity contribution in [2.45, 2.75) is 56.1 Å². The Bertz CT molecular complexity index is 962. The summed E-state index contributed by atoms with van der Waals surface area (Å²) in [4.78, 5) is 0.263. The third-order valence-corrected chi connectivity index (χ3v) is 7.38. The monoisotopic (exact) mass is 375 g/mol. The highest BCUT2D eigenvalue weighted by atomic mass is 32.2. The van der Waals surface area contributed by atoms with Gasteiger partial charge in [-0.05, 0) is 44.7 Å². The first-order valence-corrected chi connectivity index (χ1v) is 10.4. The molecule has 0 amide bonds. The van der Waals surface area contributed by atoms with E-state index in [1.165, 1.54) is 4.31 Å². The van der Waals surface area contributed by atoms with Crippen LogP contribution in [0.1, 0.15) is 49.6 Å². The van der Waals surface area contributed by atoms with Gasteiger partial charge in [0.25, 0.3) is 0 Å². The summed E-state index contributed by atoms with van der Waals surface area (Å²) in [6, 6.07) is 5.21. The zero-order valence-electron chi connectivity index (χ0n) is 15.7. The molecule has 0 saturated carbocycles. The number of rotatable bonds is 3. The molecule has 7 heteroatoms. The van der Waals surface area contributed by atoms with E-state index in [0.717, 1.165) is 36.1 Å². The van der Waals surface area contributed by atoms with Crippen molar-refractivity contribution in [2.75, 3.05) is 7.05 Å². The Balaban J connectivity index is 1.74. The van der Waals surface area contributed by atoms with Gasteiger partial charge in [0, 0.05) is 31.8 Å². The maximum Gasteiger partial charge on any atom is 0.247 e. The second kappa shape index (κ2) is 5.82. The highest BCUT2D eigenvalue weighted by Gasteiger charge is 2.39. The second-order valence-corrected chi connectivity index (χ2v) is 9.85. The fourth-order valence-corrected chi connectivity index (χ4v) is 5.70. The van der Waals surface area contributed by atoms with E-state index in [1.807, 2.05) is 31.6 Å². The van der Waals surface area contributed by atoms with Gasteiger partial charge in [0.1, 0.15) is 16.2 Å². The predicted molar refractivity (Wildman–Crippen MR) is 98.7 cm³/mol. The number of nitrogens with zero attached hydrogens (tertiary/aromatic N) is 3. The zero-order valence-corrected chi connectivity index (χ0v) is 16.5. The van der Waals surface area contributed by atoms with Crippen LogP contribution in [0.2, 0.25) is 0 Å². The summed E-state index contributed by atoms with van der Waals surface area (Å²) in [6.07, 6.45) is 5.21. The Morgan fingerprint density at radius 2 is 2.12 bits per heavy atom. The number of hydrogen-bond acceptors (Lipinski definition) is 4. The quantitative estimate of drug-likeness (QED) is 0.827. The Morgan fingerprint density at radius 3 is 2.88 bits per heavy atom. The molecule has 26 heavy (non-hydrogen) atoms. The lowest BCUT2D eigenvalue weighted by atomic mass is 9.93. The minimum Gasteiger partial charge on any atom is -0.486 e. The zero-order chi connectivity index (χ0) is 18.7. The van der Waals surface area contributed by atoms with Gasteiger partial charge in [-0.2, -0.15) is 9.40 Å². The van der Waals surface area contributed by atoms with Crippen LogP contribution in [0.15, 0.2) is 29.3 Å². The van der Waals surface area contributed by atoms with Crippen molar-refractivity contribution in [3.8, 4) is 5.75 Å². The third kappa shape index (κ3) is 2.65. The van der Waals surface area contributed by atoms with Gasteiger partial charge in [0.15, 0.2) is 0 Å². The molecule has 1 aromatic carbocycles. The summed E-state index contributed by atoms with van der Waals surface area (Å²) in [5.41, 5.74) is 2.71. The third-order valence-electron chi connectivity index (χ3n) is 5.49. The highest BCUT2D eigenvalue weighted by molar-refractivity contribution is 7.89. The molecule has 2 heterocycles. The summed E-state index contributed by atoms with van der Waals surface area (Å²) in [7, 11) is -0.0956. The van der Waals surface area contributed by atoms with Crippen molar-refractivity contribution in [3.63, 3.8) is 0 Å². The lowest BCUT2D eigenvalue weighted by Crippen LogP contribution is -2.33. The summed E-state index contributed by atoms with van der Waals surface area (Å²) in [5, 5.41) is 4.33. The van der Waals surface area contributed by atoms with E-state index in [0.29, 0.717) is 12.2 Å². The van der Waals surface area contributed by atoms with Crippen molar-refractivity contribution in [2.24, 2.45) is 7.05 Å². The van der Waals surface area contributed by atoms with Crippen LogP contribution in [0.25, 0.3) is 0 Å². The van der Waals surface area contributed by atoms with E-state index in [4.69, 9.17) is 4.74 Å². The number of ether oxygens (including phenoxy) is 1.